The summed E-state index contributed by atoms with van der Waals surface area (Å²) in [6.07, 6.45) is 0. The lowest BCUT2D eigenvalue weighted by atomic mass is 9.87. The maximum Gasteiger partial charge on any atom is 0.0540 e. The van der Waals surface area contributed by atoms with Gasteiger partial charge in [-0.05, 0) is 164 Å². The molecule has 0 aliphatic heterocycles. The van der Waals surface area contributed by atoms with Crippen LogP contribution in [0.3, 0.4) is 0 Å². The van der Waals surface area contributed by atoms with Crippen molar-refractivity contribution in [2.75, 3.05) is 9.80 Å². The van der Waals surface area contributed by atoms with Crippen molar-refractivity contribution in [2.24, 2.45) is 0 Å². The van der Waals surface area contributed by atoms with Crippen LogP contribution in [0.15, 0.2) is 218 Å². The van der Waals surface area contributed by atoms with E-state index in [2.05, 4.69) is 256 Å². The number of fused-ring (bicyclic) bond motifs is 6. The van der Waals surface area contributed by atoms with Crippen molar-refractivity contribution in [3.8, 4) is 22.3 Å². The van der Waals surface area contributed by atoms with Crippen molar-refractivity contribution in [3.05, 3.63) is 241 Å². The summed E-state index contributed by atoms with van der Waals surface area (Å²) in [5.74, 6) is 0. The highest BCUT2D eigenvalue weighted by atomic mass is 15.1. The maximum atomic E-state index is 2.44. The van der Waals surface area contributed by atoms with E-state index in [9.17, 15) is 0 Å². The lowest BCUT2D eigenvalue weighted by Crippen LogP contribution is -2.10. The summed E-state index contributed by atoms with van der Waals surface area (Å²) < 4.78 is 0. The van der Waals surface area contributed by atoms with Gasteiger partial charge in [-0.2, -0.15) is 0 Å². The Morgan fingerprint density at radius 2 is 0.500 bits per heavy atom. The molecule has 0 spiro atoms. The second kappa shape index (κ2) is 15.6. The van der Waals surface area contributed by atoms with Gasteiger partial charge in [-0.1, -0.05) is 180 Å². The highest BCUT2D eigenvalue weighted by Gasteiger charge is 2.29. The van der Waals surface area contributed by atoms with E-state index in [0.717, 1.165) is 34.1 Å². The van der Waals surface area contributed by atoms with Gasteiger partial charge in [0.25, 0.3) is 0 Å². The molecule has 2 heteroatoms. The molecule has 0 radical (unpaired) electrons. The molecule has 0 saturated carbocycles. The molecule has 13 aromatic carbocycles. The Labute approximate surface area is 397 Å². The summed E-state index contributed by atoms with van der Waals surface area (Å²) in [4.78, 5) is 4.87. The molecule has 0 bridgehead atoms. The summed E-state index contributed by atoms with van der Waals surface area (Å²) >= 11 is 0. The van der Waals surface area contributed by atoms with Crippen LogP contribution in [-0.4, -0.2) is 0 Å². The molecule has 0 fully saturated rings. The minimum Gasteiger partial charge on any atom is -0.310 e. The van der Waals surface area contributed by atoms with Crippen LogP contribution in [-0.2, 0) is 0 Å². The molecule has 322 valence electrons. The van der Waals surface area contributed by atoms with Crippen LogP contribution in [0, 0.1) is 27.7 Å². The number of nitrogens with zero attached hydrogens (tertiary/aromatic N) is 2. The molecule has 0 saturated heterocycles. The third kappa shape index (κ3) is 6.11. The van der Waals surface area contributed by atoms with E-state index in [-0.39, 0.29) is 0 Å². The minimum absolute atomic E-state index is 1.14. The molecular formula is C66H48N2. The Bertz CT molecular complexity index is 3590. The van der Waals surface area contributed by atoms with Crippen LogP contribution in [0.2, 0.25) is 0 Å². The minimum atomic E-state index is 1.14. The normalized spacial score (nSPS) is 11.8. The quantitative estimate of drug-likeness (QED) is 0.150. The van der Waals surface area contributed by atoms with E-state index in [4.69, 9.17) is 0 Å². The van der Waals surface area contributed by atoms with Crippen LogP contribution in [0.1, 0.15) is 22.3 Å². The third-order valence-corrected chi connectivity index (χ3v) is 14.4. The van der Waals surface area contributed by atoms with Gasteiger partial charge in [0, 0.05) is 33.5 Å². The smallest absolute Gasteiger partial charge is 0.0540 e. The first-order chi connectivity index (χ1) is 33.4. The number of benzene rings is 11. The molecule has 0 heterocycles. The van der Waals surface area contributed by atoms with E-state index < -0.39 is 0 Å². The third-order valence-electron chi connectivity index (χ3n) is 14.4. The second-order valence-electron chi connectivity index (χ2n) is 18.7. The largest absolute Gasteiger partial charge is 0.310 e. The van der Waals surface area contributed by atoms with Crippen molar-refractivity contribution >= 4 is 98.8 Å². The lowest BCUT2D eigenvalue weighted by Gasteiger charge is -2.27. The fourth-order valence-electron chi connectivity index (χ4n) is 11.3. The SMILES string of the molecule is Cc1ccc(N(c2ccc(C)cc2)c2ccc3c4c(-c5ccccc5)c5c6ccc(N(c7ccc(C)cc7)c7ccc(C)cc7)c7cccc(c5c(-c5ccccc5)c4c4cccc2c43)c76)cc1. The standard InChI is InChI=1S/C66H48N2/c1-41-21-29-47(30-22-41)67(48-31-23-42(2)24-32-48)57-39-37-55-61-51(57)17-11-19-53(61)63-59(45-13-7-5-8-14-45)64-54-20-12-18-52-58(68(49-33-25-43(3)26-34-49)50-35-27-44(4)28-36-50)40-38-56(62(52)54)66(64)60(65(55)63)46-15-9-6-10-16-46/h5-40H,1-4H3. The highest BCUT2D eigenvalue weighted by Crippen LogP contribution is 2.57. The van der Waals surface area contributed by atoms with Crippen LogP contribution >= 0.6 is 0 Å². The maximum absolute atomic E-state index is 2.44. The van der Waals surface area contributed by atoms with E-state index in [0.29, 0.717) is 0 Å². The fraction of sp³-hybridized carbons (Fsp3) is 0.0606. The number of anilines is 6. The van der Waals surface area contributed by atoms with Gasteiger partial charge in [0.1, 0.15) is 0 Å². The summed E-state index contributed by atoms with van der Waals surface area (Å²) in [7, 11) is 0. The van der Waals surface area contributed by atoms with Gasteiger partial charge in [-0.15, -0.1) is 0 Å². The molecule has 0 amide bonds. The van der Waals surface area contributed by atoms with Gasteiger partial charge in [-0.25, -0.2) is 0 Å². The molecule has 68 heavy (non-hydrogen) atoms. The zero-order valence-electron chi connectivity index (χ0n) is 38.7. The van der Waals surface area contributed by atoms with Crippen molar-refractivity contribution in [3.63, 3.8) is 0 Å². The van der Waals surface area contributed by atoms with Crippen LogP contribution in [0.5, 0.6) is 0 Å². The summed E-state index contributed by atoms with van der Waals surface area (Å²) in [6, 6.07) is 81.6. The van der Waals surface area contributed by atoms with E-state index in [1.807, 2.05) is 0 Å². The zero-order valence-corrected chi connectivity index (χ0v) is 38.7. The highest BCUT2D eigenvalue weighted by molar-refractivity contribution is 6.47. The number of rotatable bonds is 8. The first-order valence-corrected chi connectivity index (χ1v) is 23.8. The fourth-order valence-corrected chi connectivity index (χ4v) is 11.3. The van der Waals surface area contributed by atoms with Gasteiger partial charge >= 0.3 is 0 Å². The Hall–Kier alpha value is -8.46. The molecule has 0 aliphatic rings. The van der Waals surface area contributed by atoms with E-state index in [1.165, 1.54) is 109 Å². The van der Waals surface area contributed by atoms with Crippen LogP contribution in [0.4, 0.5) is 34.1 Å². The van der Waals surface area contributed by atoms with Gasteiger partial charge in [0.15, 0.2) is 0 Å². The lowest BCUT2D eigenvalue weighted by molar-refractivity contribution is 1.28. The number of hydrogen-bond acceptors (Lipinski definition) is 2. The van der Waals surface area contributed by atoms with Crippen LogP contribution < -0.4 is 9.80 Å². The molecule has 0 aliphatic carbocycles. The van der Waals surface area contributed by atoms with Crippen molar-refractivity contribution in [2.45, 2.75) is 27.7 Å². The first-order valence-electron chi connectivity index (χ1n) is 23.8. The van der Waals surface area contributed by atoms with Gasteiger partial charge in [0.2, 0.25) is 0 Å². The van der Waals surface area contributed by atoms with Crippen molar-refractivity contribution < 1.29 is 0 Å². The summed E-state index contributed by atoms with van der Waals surface area (Å²) in [5.41, 5.74) is 16.8. The molecular weight excluding hydrogens is 821 g/mol. The molecule has 0 unspecified atom stereocenters. The van der Waals surface area contributed by atoms with Gasteiger partial charge in [-0.3, -0.25) is 0 Å². The monoisotopic (exact) mass is 868 g/mol. The first kappa shape index (κ1) is 39.9. The molecule has 2 nitrogen and oxygen atoms in total. The van der Waals surface area contributed by atoms with E-state index >= 15 is 0 Å². The van der Waals surface area contributed by atoms with Gasteiger partial charge in [0.05, 0.1) is 11.4 Å². The Morgan fingerprint density at radius 1 is 0.221 bits per heavy atom. The molecule has 13 rings (SSSR count). The van der Waals surface area contributed by atoms with Crippen LogP contribution in [0.25, 0.3) is 86.9 Å². The second-order valence-corrected chi connectivity index (χ2v) is 18.7. The summed E-state index contributed by atoms with van der Waals surface area (Å²) in [6.45, 7) is 8.63. The molecule has 0 N–H and O–H groups in total. The average molecular weight is 869 g/mol. The molecule has 13 aromatic rings. The molecule has 0 aromatic heterocycles. The van der Waals surface area contributed by atoms with Gasteiger partial charge < -0.3 is 9.80 Å². The van der Waals surface area contributed by atoms with E-state index in [1.54, 1.807) is 0 Å². The Kier molecular flexibility index (Phi) is 9.13. The number of aryl methyl sites for hydroxylation is 4. The Morgan fingerprint density at radius 3 is 0.809 bits per heavy atom. The van der Waals surface area contributed by atoms with Crippen molar-refractivity contribution in [1.82, 2.24) is 0 Å². The summed E-state index contributed by atoms with van der Waals surface area (Å²) in [5, 5.41) is 15.3. The predicted octanol–water partition coefficient (Wildman–Crippen LogP) is 19.0. The zero-order chi connectivity index (χ0) is 45.6. The average Bonchev–Trinajstić information content (AvgIpc) is 3.89. The van der Waals surface area contributed by atoms with Crippen molar-refractivity contribution in [1.29, 1.82) is 0 Å². The predicted molar refractivity (Wildman–Crippen MR) is 293 cm³/mol. The molecule has 0 atom stereocenters. The number of hydrogen-bond donors (Lipinski definition) is 0. The Balaban J connectivity index is 1.19. The topological polar surface area (TPSA) is 6.48 Å².